The highest BCUT2D eigenvalue weighted by atomic mass is 31.2. The first kappa shape index (κ1) is 86.4. The molecule has 3 unspecified atom stereocenters. The number of aliphatic hydroxyl groups excluding tert-OH is 1. The number of rotatable bonds is 67. The van der Waals surface area contributed by atoms with Crippen LogP contribution in [-0.4, -0.2) is 73.4 Å². The van der Waals surface area contributed by atoms with Gasteiger partial charge >= 0.3 is 7.82 Å². The molecule has 0 aromatic heterocycles. The Morgan fingerprint density at radius 1 is 0.389 bits per heavy atom. The van der Waals surface area contributed by atoms with Gasteiger partial charge in [-0.3, -0.25) is 13.8 Å². The Labute approximate surface area is 557 Å². The molecule has 0 fully saturated rings. The molecule has 0 heterocycles. The Balaban J connectivity index is 4.18. The quantitative estimate of drug-likeness (QED) is 0.0243. The minimum absolute atomic E-state index is 0.0474. The molecular formula is C81H142N2O6P+. The Morgan fingerprint density at radius 2 is 0.667 bits per heavy atom. The fraction of sp³-hybridized carbons (Fsp3) is 0.691. The molecule has 0 aliphatic rings. The van der Waals surface area contributed by atoms with Crippen LogP contribution in [-0.2, 0) is 18.4 Å². The second-order valence-electron chi connectivity index (χ2n) is 25.9. The topological polar surface area (TPSA) is 105 Å². The number of phosphoric ester groups is 1. The first-order valence-electron chi connectivity index (χ1n) is 37.2. The fourth-order valence-electron chi connectivity index (χ4n) is 10.3. The lowest BCUT2D eigenvalue weighted by Gasteiger charge is -2.25. The van der Waals surface area contributed by atoms with Crippen molar-refractivity contribution in [3.63, 3.8) is 0 Å². The minimum Gasteiger partial charge on any atom is -0.387 e. The Kier molecular flexibility index (Phi) is 66.9. The van der Waals surface area contributed by atoms with Crippen LogP contribution in [0.1, 0.15) is 309 Å². The largest absolute Gasteiger partial charge is 0.472 e. The van der Waals surface area contributed by atoms with E-state index >= 15 is 0 Å². The lowest BCUT2D eigenvalue weighted by molar-refractivity contribution is -0.870. The van der Waals surface area contributed by atoms with Gasteiger partial charge in [0.25, 0.3) is 0 Å². The highest BCUT2D eigenvalue weighted by Gasteiger charge is 2.28. The second-order valence-corrected chi connectivity index (χ2v) is 27.4. The first-order valence-corrected chi connectivity index (χ1v) is 38.7. The molecule has 0 spiro atoms. The van der Waals surface area contributed by atoms with Crippen molar-refractivity contribution in [1.29, 1.82) is 0 Å². The van der Waals surface area contributed by atoms with E-state index in [9.17, 15) is 19.4 Å². The zero-order chi connectivity index (χ0) is 65.5. The highest BCUT2D eigenvalue weighted by Crippen LogP contribution is 2.43. The number of allylic oxidation sites excluding steroid dienone is 23. The van der Waals surface area contributed by atoms with Gasteiger partial charge in [-0.05, 0) is 103 Å². The number of amides is 1. The third-order valence-electron chi connectivity index (χ3n) is 16.1. The smallest absolute Gasteiger partial charge is 0.387 e. The minimum atomic E-state index is -4.38. The molecule has 8 nitrogen and oxygen atoms in total. The van der Waals surface area contributed by atoms with Gasteiger partial charge in [0.15, 0.2) is 0 Å². The van der Waals surface area contributed by atoms with Gasteiger partial charge in [-0.2, -0.15) is 0 Å². The second kappa shape index (κ2) is 69.7. The van der Waals surface area contributed by atoms with E-state index < -0.39 is 20.0 Å². The van der Waals surface area contributed by atoms with E-state index in [4.69, 9.17) is 9.05 Å². The molecule has 0 bridgehead atoms. The first-order chi connectivity index (χ1) is 44.0. The number of hydrogen-bond acceptors (Lipinski definition) is 5. The molecule has 0 saturated heterocycles. The molecule has 3 N–H and O–H groups in total. The van der Waals surface area contributed by atoms with Crippen molar-refractivity contribution in [2.24, 2.45) is 0 Å². The van der Waals surface area contributed by atoms with Gasteiger partial charge in [0.05, 0.1) is 39.9 Å². The normalized spacial score (nSPS) is 14.4. The van der Waals surface area contributed by atoms with Crippen molar-refractivity contribution in [2.75, 3.05) is 40.9 Å². The summed E-state index contributed by atoms with van der Waals surface area (Å²) in [6, 6.07) is -0.878. The number of carbonyl (C=O) groups excluding carboxylic acids is 1. The van der Waals surface area contributed by atoms with Crippen LogP contribution in [0.3, 0.4) is 0 Å². The van der Waals surface area contributed by atoms with E-state index in [2.05, 4.69) is 153 Å². The van der Waals surface area contributed by atoms with Gasteiger partial charge < -0.3 is 19.8 Å². The molecule has 516 valence electrons. The van der Waals surface area contributed by atoms with Crippen LogP contribution in [0.25, 0.3) is 0 Å². The van der Waals surface area contributed by atoms with E-state index in [0.29, 0.717) is 23.9 Å². The van der Waals surface area contributed by atoms with Gasteiger partial charge in [-0.25, -0.2) is 4.57 Å². The Hall–Kier alpha value is -3.62. The number of quaternary nitrogens is 1. The number of aliphatic hydroxyl groups is 1. The number of phosphoric acid groups is 1. The van der Waals surface area contributed by atoms with E-state index in [1.54, 1.807) is 6.08 Å². The summed E-state index contributed by atoms with van der Waals surface area (Å²) >= 11 is 0. The highest BCUT2D eigenvalue weighted by molar-refractivity contribution is 7.47. The Bertz CT molecular complexity index is 1980. The maximum atomic E-state index is 13.1. The molecule has 1 amide bonds. The molecule has 90 heavy (non-hydrogen) atoms. The maximum absolute atomic E-state index is 13.1. The molecule has 0 rings (SSSR count). The average Bonchev–Trinajstić information content (AvgIpc) is 3.18. The summed E-state index contributed by atoms with van der Waals surface area (Å²) in [5, 5.41) is 14.0. The standard InChI is InChI=1S/C81H141N2O6P/c1-6-8-10-12-14-16-18-20-22-24-26-28-30-32-34-36-38-39-40-41-42-43-45-47-49-51-53-55-57-59-61-63-65-67-69-71-73-75-81(85)82-79(78-89-90(86,87)88-77-76-83(3,4)5)80(84)74-72-70-68-66-64-62-60-58-56-54-52-50-48-46-44-37-35-33-31-29-27-25-23-21-19-17-15-13-11-9-7-2/h8,10,14,16,20,22,26,28,32,34,38-39,41-42,45,47,51,53,57,59,63,65,72,74,79-80,84H,6-7,9,11-13,15,17-19,21,23-25,27,29-31,33,35-37,40,43-44,46,48-50,52,54-56,58,60-62,64,66-71,73,75-78H2,1-5H3,(H-,82,85,86,87)/p+1/b10-8-,16-14-,22-20-,28-26-,34-32-,39-38-,42-41-,47-45-,53-51-,59-57-,65-63-,74-72+. The van der Waals surface area contributed by atoms with Gasteiger partial charge in [0.2, 0.25) is 5.91 Å². The summed E-state index contributed by atoms with van der Waals surface area (Å²) in [5.41, 5.74) is 0. The van der Waals surface area contributed by atoms with E-state index in [0.717, 1.165) is 109 Å². The van der Waals surface area contributed by atoms with Crippen LogP contribution in [0.2, 0.25) is 0 Å². The number of hydrogen-bond donors (Lipinski definition) is 3. The molecule has 9 heteroatoms. The summed E-state index contributed by atoms with van der Waals surface area (Å²) in [5.74, 6) is -0.211. The molecular weight excluding hydrogens is 1130 g/mol. The molecule has 0 aliphatic carbocycles. The Morgan fingerprint density at radius 3 is 0.978 bits per heavy atom. The average molecular weight is 1270 g/mol. The van der Waals surface area contributed by atoms with Crippen LogP contribution in [0.15, 0.2) is 146 Å². The zero-order valence-electron chi connectivity index (χ0n) is 59.1. The lowest BCUT2D eigenvalue weighted by Crippen LogP contribution is -2.45. The molecule has 0 saturated carbocycles. The summed E-state index contributed by atoms with van der Waals surface area (Å²) in [4.78, 5) is 23.4. The zero-order valence-corrected chi connectivity index (χ0v) is 60.0. The molecule has 0 aliphatic heterocycles. The number of nitrogens with one attached hydrogen (secondary N) is 1. The predicted octanol–water partition coefficient (Wildman–Crippen LogP) is 24.3. The number of carbonyl (C=O) groups is 1. The van der Waals surface area contributed by atoms with Crippen molar-refractivity contribution in [3.05, 3.63) is 146 Å². The van der Waals surface area contributed by atoms with E-state index in [1.165, 1.54) is 173 Å². The van der Waals surface area contributed by atoms with Crippen molar-refractivity contribution in [2.45, 2.75) is 321 Å². The number of nitrogens with zero attached hydrogens (tertiary/aromatic N) is 1. The fourth-order valence-corrected chi connectivity index (χ4v) is 11.1. The van der Waals surface area contributed by atoms with Gasteiger partial charge in [-0.15, -0.1) is 0 Å². The van der Waals surface area contributed by atoms with Crippen LogP contribution in [0.5, 0.6) is 0 Å². The molecule has 0 aromatic rings. The van der Waals surface area contributed by atoms with Gasteiger partial charge in [0.1, 0.15) is 13.2 Å². The van der Waals surface area contributed by atoms with Crippen LogP contribution < -0.4 is 5.32 Å². The van der Waals surface area contributed by atoms with E-state index in [1.807, 2.05) is 27.2 Å². The third kappa shape index (κ3) is 71.8. The summed E-state index contributed by atoms with van der Waals surface area (Å²) < 4.78 is 23.8. The lowest BCUT2D eigenvalue weighted by atomic mass is 10.0. The maximum Gasteiger partial charge on any atom is 0.472 e. The van der Waals surface area contributed by atoms with Crippen molar-refractivity contribution in [3.8, 4) is 0 Å². The van der Waals surface area contributed by atoms with Gasteiger partial charge in [-0.1, -0.05) is 346 Å². The summed E-state index contributed by atoms with van der Waals surface area (Å²) in [6.45, 7) is 4.69. The van der Waals surface area contributed by atoms with Crippen molar-refractivity contribution in [1.82, 2.24) is 5.32 Å². The van der Waals surface area contributed by atoms with Crippen molar-refractivity contribution < 1.29 is 32.9 Å². The van der Waals surface area contributed by atoms with Crippen LogP contribution in [0, 0.1) is 0 Å². The number of likely N-dealkylation sites (N-methyl/N-ethyl adjacent to an activating group) is 1. The van der Waals surface area contributed by atoms with Crippen LogP contribution in [0.4, 0.5) is 0 Å². The van der Waals surface area contributed by atoms with E-state index in [-0.39, 0.29) is 19.1 Å². The molecule has 0 radical (unpaired) electrons. The van der Waals surface area contributed by atoms with Crippen LogP contribution >= 0.6 is 7.82 Å². The monoisotopic (exact) mass is 1270 g/mol. The molecule has 3 atom stereocenters. The summed E-state index contributed by atoms with van der Waals surface area (Å²) in [7, 11) is 1.54. The predicted molar refractivity (Wildman–Crippen MR) is 396 cm³/mol. The van der Waals surface area contributed by atoms with Crippen molar-refractivity contribution >= 4 is 13.7 Å². The number of unbranched alkanes of at least 4 members (excludes halogenated alkanes) is 32. The molecule has 0 aromatic carbocycles. The third-order valence-corrected chi connectivity index (χ3v) is 17.0. The SMILES string of the molecule is CC/C=C\C/C=C\C/C=C\C/C=C\C/C=C\C/C=C\C/C=C\C/C=C\C/C=C\C/C=C\C/C=C\CCCCCC(=O)NC(COP(=O)(O)OCC[N+](C)(C)C)C(O)/C=C/CCCCCCCCCCCCCCCCCCCCCCCCCCCCCCC. The summed E-state index contributed by atoms with van der Waals surface area (Å²) in [6.07, 6.45) is 107. The van der Waals surface area contributed by atoms with Gasteiger partial charge in [0, 0.05) is 6.42 Å².